The summed E-state index contributed by atoms with van der Waals surface area (Å²) in [5.74, 6) is 0.480. The molecule has 1 aliphatic heterocycles. The molecule has 0 aromatic rings. The molecule has 19 heavy (non-hydrogen) atoms. The van der Waals surface area contributed by atoms with E-state index in [1.54, 1.807) is 0 Å². The lowest BCUT2D eigenvalue weighted by Gasteiger charge is -2.32. The molecule has 0 saturated carbocycles. The number of nitrogens with zero attached hydrogens (tertiary/aromatic N) is 2. The Morgan fingerprint density at radius 2 is 2.00 bits per heavy atom. The maximum absolute atomic E-state index is 11.7. The van der Waals surface area contributed by atoms with Crippen LogP contribution in [0.1, 0.15) is 26.2 Å². The summed E-state index contributed by atoms with van der Waals surface area (Å²) in [6.07, 6.45) is 2.58. The van der Waals surface area contributed by atoms with Crippen LogP contribution in [0.3, 0.4) is 0 Å². The highest BCUT2D eigenvalue weighted by Crippen LogP contribution is 2.05. The van der Waals surface area contributed by atoms with E-state index in [2.05, 4.69) is 29.1 Å². The van der Waals surface area contributed by atoms with Crippen LogP contribution in [0.4, 0.5) is 0 Å². The van der Waals surface area contributed by atoms with E-state index >= 15 is 0 Å². The smallest absolute Gasteiger partial charge is 0.220 e. The summed E-state index contributed by atoms with van der Waals surface area (Å²) < 4.78 is 0. The molecule has 0 aromatic carbocycles. The molecule has 0 aromatic heterocycles. The quantitative estimate of drug-likeness (QED) is 0.615. The molecule has 1 atom stereocenters. The zero-order chi connectivity index (χ0) is 14.1. The third-order valence-electron chi connectivity index (χ3n) is 3.95. The van der Waals surface area contributed by atoms with Gasteiger partial charge in [-0.25, -0.2) is 0 Å². The van der Waals surface area contributed by atoms with Crippen LogP contribution in [0.5, 0.6) is 0 Å². The molecule has 1 heterocycles. The maximum atomic E-state index is 11.7. The Morgan fingerprint density at radius 1 is 1.32 bits per heavy atom. The first kappa shape index (κ1) is 16.4. The van der Waals surface area contributed by atoms with E-state index in [-0.39, 0.29) is 5.91 Å². The fourth-order valence-electron chi connectivity index (χ4n) is 2.33. The number of amides is 1. The van der Waals surface area contributed by atoms with Crippen molar-refractivity contribution in [1.29, 1.82) is 0 Å². The topological polar surface area (TPSA) is 61.6 Å². The Balaban J connectivity index is 2.02. The van der Waals surface area contributed by atoms with Crippen molar-refractivity contribution in [3.05, 3.63) is 0 Å². The molecular formula is C14H30N4O. The number of hydrogen-bond donors (Lipinski definition) is 2. The second-order valence-corrected chi connectivity index (χ2v) is 5.56. The van der Waals surface area contributed by atoms with Crippen molar-refractivity contribution < 1.29 is 4.79 Å². The molecule has 5 nitrogen and oxygen atoms in total. The van der Waals surface area contributed by atoms with E-state index in [1.165, 1.54) is 0 Å². The summed E-state index contributed by atoms with van der Waals surface area (Å²) >= 11 is 0. The zero-order valence-corrected chi connectivity index (χ0v) is 12.5. The highest BCUT2D eigenvalue weighted by atomic mass is 16.1. The van der Waals surface area contributed by atoms with Gasteiger partial charge in [-0.2, -0.15) is 0 Å². The summed E-state index contributed by atoms with van der Waals surface area (Å²) in [5.41, 5.74) is 5.60. The first-order valence-corrected chi connectivity index (χ1v) is 7.53. The number of carbonyl (C=O) groups excluding carboxylic acids is 1. The van der Waals surface area contributed by atoms with Gasteiger partial charge in [-0.1, -0.05) is 13.3 Å². The first-order valence-electron chi connectivity index (χ1n) is 7.53. The molecule has 1 saturated heterocycles. The van der Waals surface area contributed by atoms with Gasteiger partial charge in [0.25, 0.3) is 0 Å². The van der Waals surface area contributed by atoms with E-state index in [9.17, 15) is 4.79 Å². The molecule has 0 radical (unpaired) electrons. The number of rotatable bonds is 8. The van der Waals surface area contributed by atoms with Gasteiger partial charge in [0.2, 0.25) is 5.91 Å². The average Bonchev–Trinajstić information content (AvgIpc) is 2.43. The molecule has 0 spiro atoms. The van der Waals surface area contributed by atoms with E-state index in [1.807, 2.05) is 0 Å². The lowest BCUT2D eigenvalue weighted by atomic mass is 10.0. The van der Waals surface area contributed by atoms with Crippen molar-refractivity contribution in [2.24, 2.45) is 11.7 Å². The molecule has 1 rings (SSSR count). The monoisotopic (exact) mass is 270 g/mol. The van der Waals surface area contributed by atoms with Crippen LogP contribution in [-0.2, 0) is 4.79 Å². The van der Waals surface area contributed by atoms with Gasteiger partial charge in [-0.05, 0) is 32.5 Å². The Morgan fingerprint density at radius 3 is 2.58 bits per heavy atom. The standard InChI is InChI=1S/C14H30N4O/c1-3-13(12-15)11-14(19)16-5-4-6-18-9-7-17(2)8-10-18/h13H,3-12,15H2,1-2H3,(H,16,19). The molecule has 1 amide bonds. The molecular weight excluding hydrogens is 240 g/mol. The molecule has 0 bridgehead atoms. The van der Waals surface area contributed by atoms with Gasteiger partial charge in [-0.15, -0.1) is 0 Å². The van der Waals surface area contributed by atoms with Crippen LogP contribution in [-0.4, -0.2) is 68.6 Å². The molecule has 1 unspecified atom stereocenters. The van der Waals surface area contributed by atoms with E-state index in [0.717, 1.165) is 52.1 Å². The summed E-state index contributed by atoms with van der Waals surface area (Å²) in [7, 11) is 2.17. The van der Waals surface area contributed by atoms with E-state index in [4.69, 9.17) is 5.73 Å². The number of hydrogen-bond acceptors (Lipinski definition) is 4. The second kappa shape index (κ2) is 9.28. The van der Waals surface area contributed by atoms with Crippen LogP contribution in [0.15, 0.2) is 0 Å². The third kappa shape index (κ3) is 6.89. The van der Waals surface area contributed by atoms with Crippen LogP contribution in [0.2, 0.25) is 0 Å². The zero-order valence-electron chi connectivity index (χ0n) is 12.5. The SMILES string of the molecule is CCC(CN)CC(=O)NCCCN1CCN(C)CC1. The van der Waals surface area contributed by atoms with Gasteiger partial charge in [-0.3, -0.25) is 4.79 Å². The molecule has 1 aliphatic rings. The van der Waals surface area contributed by atoms with Crippen molar-refractivity contribution >= 4 is 5.91 Å². The summed E-state index contributed by atoms with van der Waals surface area (Å²) in [6, 6.07) is 0. The Hall–Kier alpha value is -0.650. The summed E-state index contributed by atoms with van der Waals surface area (Å²) in [6.45, 7) is 9.16. The number of nitrogens with one attached hydrogen (secondary N) is 1. The normalized spacial score (nSPS) is 19.3. The highest BCUT2D eigenvalue weighted by Gasteiger charge is 2.13. The van der Waals surface area contributed by atoms with Gasteiger partial charge >= 0.3 is 0 Å². The van der Waals surface area contributed by atoms with Crippen LogP contribution >= 0.6 is 0 Å². The number of nitrogens with two attached hydrogens (primary N) is 1. The van der Waals surface area contributed by atoms with E-state index < -0.39 is 0 Å². The van der Waals surface area contributed by atoms with Crippen molar-refractivity contribution in [3.8, 4) is 0 Å². The predicted octanol–water partition coefficient (Wildman–Crippen LogP) is 0.115. The van der Waals surface area contributed by atoms with Crippen LogP contribution in [0, 0.1) is 5.92 Å². The number of carbonyl (C=O) groups is 1. The van der Waals surface area contributed by atoms with Crippen LogP contribution in [0.25, 0.3) is 0 Å². The Labute approximate surface area is 117 Å². The van der Waals surface area contributed by atoms with Gasteiger partial charge in [0.15, 0.2) is 0 Å². The average molecular weight is 270 g/mol. The second-order valence-electron chi connectivity index (χ2n) is 5.56. The first-order chi connectivity index (χ1) is 9.15. The largest absolute Gasteiger partial charge is 0.356 e. The molecule has 3 N–H and O–H groups in total. The summed E-state index contributed by atoms with van der Waals surface area (Å²) in [5, 5.41) is 3.00. The van der Waals surface area contributed by atoms with Crippen molar-refractivity contribution in [2.45, 2.75) is 26.2 Å². The van der Waals surface area contributed by atoms with Crippen LogP contribution < -0.4 is 11.1 Å². The minimum absolute atomic E-state index is 0.149. The Bertz CT molecular complexity index is 248. The van der Waals surface area contributed by atoms with Crippen molar-refractivity contribution in [1.82, 2.24) is 15.1 Å². The minimum Gasteiger partial charge on any atom is -0.356 e. The molecule has 0 aliphatic carbocycles. The van der Waals surface area contributed by atoms with Gasteiger partial charge in [0.1, 0.15) is 0 Å². The van der Waals surface area contributed by atoms with E-state index in [0.29, 0.717) is 18.9 Å². The Kier molecular flexibility index (Phi) is 8.02. The van der Waals surface area contributed by atoms with Crippen molar-refractivity contribution in [3.63, 3.8) is 0 Å². The van der Waals surface area contributed by atoms with Gasteiger partial charge in [0.05, 0.1) is 0 Å². The number of likely N-dealkylation sites (N-methyl/N-ethyl adjacent to an activating group) is 1. The molecule has 5 heteroatoms. The van der Waals surface area contributed by atoms with Gasteiger partial charge < -0.3 is 20.9 Å². The molecule has 1 fully saturated rings. The predicted molar refractivity (Wildman–Crippen MR) is 79.0 cm³/mol. The molecule has 112 valence electrons. The maximum Gasteiger partial charge on any atom is 0.220 e. The third-order valence-corrected chi connectivity index (χ3v) is 3.95. The number of piperazine rings is 1. The lowest BCUT2D eigenvalue weighted by molar-refractivity contribution is -0.122. The van der Waals surface area contributed by atoms with Crippen molar-refractivity contribution in [2.75, 3.05) is 52.9 Å². The van der Waals surface area contributed by atoms with Gasteiger partial charge in [0, 0.05) is 39.1 Å². The highest BCUT2D eigenvalue weighted by molar-refractivity contribution is 5.76. The lowest BCUT2D eigenvalue weighted by Crippen LogP contribution is -2.45. The minimum atomic E-state index is 0.149. The summed E-state index contributed by atoms with van der Waals surface area (Å²) in [4.78, 5) is 16.5. The fourth-order valence-corrected chi connectivity index (χ4v) is 2.33. The fraction of sp³-hybridized carbons (Fsp3) is 0.929.